The fourth-order valence-corrected chi connectivity index (χ4v) is 13.0. The Morgan fingerprint density at radius 3 is 2.13 bits per heavy atom. The number of aliphatic hydroxyl groups excluding tert-OH is 8. The Morgan fingerprint density at radius 1 is 0.796 bits per heavy atom. The molecular weight excluding hydrogens is 700 g/mol. The van der Waals surface area contributed by atoms with Crippen LogP contribution >= 0.6 is 0 Å². The molecule has 4 aliphatic carbocycles. The number of fused-ring (bicyclic) bond motifs is 5. The van der Waals surface area contributed by atoms with Gasteiger partial charge in [0.15, 0.2) is 12.6 Å². The molecule has 0 aromatic heterocycles. The number of aliphatic hydroxyl groups is 9. The molecule has 0 radical (unpaired) electrons. The summed E-state index contributed by atoms with van der Waals surface area (Å²) in [5.41, 5.74) is -1.10. The quantitative estimate of drug-likeness (QED) is 0.114. The van der Waals surface area contributed by atoms with E-state index in [-0.39, 0.29) is 47.7 Å². The maximum atomic E-state index is 12.2. The largest absolute Gasteiger partial charge is 0.396 e. The lowest BCUT2D eigenvalue weighted by atomic mass is 9.34. The van der Waals surface area contributed by atoms with Crippen LogP contribution in [-0.2, 0) is 18.9 Å². The molecule has 4 saturated carbocycles. The van der Waals surface area contributed by atoms with E-state index in [2.05, 4.69) is 47.6 Å². The van der Waals surface area contributed by atoms with Crippen molar-refractivity contribution < 1.29 is 64.9 Å². The van der Waals surface area contributed by atoms with E-state index in [1.54, 1.807) is 0 Å². The average Bonchev–Trinajstić information content (AvgIpc) is 3.50. The molecule has 2 heterocycles. The van der Waals surface area contributed by atoms with Gasteiger partial charge < -0.3 is 64.9 Å². The number of allylic oxidation sites excluding steroid dienone is 2. The van der Waals surface area contributed by atoms with Gasteiger partial charge in [-0.05, 0) is 118 Å². The van der Waals surface area contributed by atoms with Crippen molar-refractivity contribution in [1.82, 2.24) is 0 Å². The standard InChI is InChI=1S/C41H70O13/c1-21(2)9-8-13-40(7,50)22-10-14-39(6)29(22)23(44)17-27-38(39,5)15-11-26-37(3,4)28(12-16-41(26,27)20-43)53-36-34(30(46)24(45)19-51-36)54-35-33(49)32(48)31(47)25(18-42)52-35/h9,22-36,42-50H,8,10-20H2,1-7H3/t22?,23?,24-,25+,26?,27?,28?,29?,30-,31+,32-,33+,34+,35-,36-,38?,39?,40?,41?/m0/s1. The lowest BCUT2D eigenvalue weighted by Gasteiger charge is -2.71. The van der Waals surface area contributed by atoms with Crippen molar-refractivity contribution in [2.75, 3.05) is 19.8 Å². The highest BCUT2D eigenvalue weighted by Gasteiger charge is 2.72. The first-order chi connectivity index (χ1) is 25.2. The summed E-state index contributed by atoms with van der Waals surface area (Å²) in [7, 11) is 0. The molecule has 13 nitrogen and oxygen atoms in total. The molecular formula is C41H70O13. The number of hydrogen-bond acceptors (Lipinski definition) is 13. The van der Waals surface area contributed by atoms with Crippen molar-refractivity contribution >= 4 is 0 Å². The van der Waals surface area contributed by atoms with E-state index in [1.807, 2.05) is 6.92 Å². The molecule has 2 saturated heterocycles. The molecule has 2 aliphatic heterocycles. The zero-order valence-electron chi connectivity index (χ0n) is 33.4. The fourth-order valence-electron chi connectivity index (χ4n) is 13.0. The molecule has 0 bridgehead atoms. The van der Waals surface area contributed by atoms with Crippen LogP contribution in [0.5, 0.6) is 0 Å². The third-order valence-corrected chi connectivity index (χ3v) is 16.2. The molecule has 10 unspecified atom stereocenters. The molecule has 9 N–H and O–H groups in total. The third kappa shape index (κ3) is 6.86. The minimum absolute atomic E-state index is 0.00692. The zero-order chi connectivity index (χ0) is 39.8. The van der Waals surface area contributed by atoms with Gasteiger partial charge in [-0.15, -0.1) is 0 Å². The van der Waals surface area contributed by atoms with Gasteiger partial charge in [-0.1, -0.05) is 39.3 Å². The minimum Gasteiger partial charge on any atom is -0.396 e. The fraction of sp³-hybridized carbons (Fsp3) is 0.951. The van der Waals surface area contributed by atoms with Crippen LogP contribution in [0.25, 0.3) is 0 Å². The Morgan fingerprint density at radius 2 is 1.48 bits per heavy atom. The first-order valence-corrected chi connectivity index (χ1v) is 20.4. The second kappa shape index (κ2) is 15.4. The highest BCUT2D eigenvalue weighted by atomic mass is 16.8. The summed E-state index contributed by atoms with van der Waals surface area (Å²) in [5, 5.41) is 98.2. The van der Waals surface area contributed by atoms with Gasteiger partial charge >= 0.3 is 0 Å². The van der Waals surface area contributed by atoms with E-state index in [1.165, 1.54) is 5.57 Å². The molecule has 0 amide bonds. The van der Waals surface area contributed by atoms with E-state index in [4.69, 9.17) is 18.9 Å². The summed E-state index contributed by atoms with van der Waals surface area (Å²) in [6, 6.07) is 0. The topological polar surface area (TPSA) is 219 Å². The molecule has 6 fully saturated rings. The molecule has 312 valence electrons. The summed E-state index contributed by atoms with van der Waals surface area (Å²) in [4.78, 5) is 0. The average molecular weight is 771 g/mol. The van der Waals surface area contributed by atoms with Crippen LogP contribution in [0.1, 0.15) is 106 Å². The van der Waals surface area contributed by atoms with Crippen molar-refractivity contribution in [1.29, 1.82) is 0 Å². The van der Waals surface area contributed by atoms with Gasteiger partial charge in [0, 0.05) is 12.0 Å². The summed E-state index contributed by atoms with van der Waals surface area (Å²) in [6.07, 6.45) is -5.40. The predicted molar refractivity (Wildman–Crippen MR) is 196 cm³/mol. The third-order valence-electron chi connectivity index (χ3n) is 16.2. The maximum absolute atomic E-state index is 12.2. The lowest BCUT2D eigenvalue weighted by Crippen LogP contribution is -2.68. The molecule has 0 aromatic rings. The smallest absolute Gasteiger partial charge is 0.187 e. The minimum atomic E-state index is -1.72. The van der Waals surface area contributed by atoms with Gasteiger partial charge in [0.1, 0.15) is 42.7 Å². The second-order valence-corrected chi connectivity index (χ2v) is 19.6. The Hall–Kier alpha value is -0.780. The van der Waals surface area contributed by atoms with Gasteiger partial charge in [-0.2, -0.15) is 0 Å². The molecule has 6 aliphatic rings. The van der Waals surface area contributed by atoms with Crippen molar-refractivity contribution in [3.8, 4) is 0 Å². The van der Waals surface area contributed by atoms with E-state index in [0.717, 1.165) is 32.1 Å². The molecule has 0 aromatic carbocycles. The van der Waals surface area contributed by atoms with Gasteiger partial charge in [-0.3, -0.25) is 0 Å². The van der Waals surface area contributed by atoms with Crippen LogP contribution in [0.15, 0.2) is 11.6 Å². The number of ether oxygens (including phenoxy) is 4. The van der Waals surface area contributed by atoms with Crippen LogP contribution < -0.4 is 0 Å². The van der Waals surface area contributed by atoms with Crippen LogP contribution in [0.4, 0.5) is 0 Å². The molecule has 19 atom stereocenters. The predicted octanol–water partition coefficient (Wildman–Crippen LogP) is 1.76. The zero-order valence-corrected chi connectivity index (χ0v) is 33.4. The molecule has 6 rings (SSSR count). The highest BCUT2D eigenvalue weighted by molar-refractivity contribution is 5.21. The Kier molecular flexibility index (Phi) is 12.2. The van der Waals surface area contributed by atoms with E-state index < -0.39 is 90.6 Å². The number of hydrogen-bond donors (Lipinski definition) is 9. The van der Waals surface area contributed by atoms with Crippen LogP contribution in [-0.4, -0.2) is 139 Å². The lowest BCUT2D eigenvalue weighted by molar-refractivity contribution is -0.368. The Balaban J connectivity index is 1.22. The van der Waals surface area contributed by atoms with E-state index in [9.17, 15) is 46.0 Å². The number of rotatable bonds is 10. The summed E-state index contributed by atoms with van der Waals surface area (Å²) < 4.78 is 24.1. The SMILES string of the molecule is CC(C)=CCCC(C)(O)C1CCC2(C)C1C(O)CC1C3(CO)CCC(O[C@@H]4OC[C@H](O)[C@H](O)[C@H]4O[C@@H]4O[C@H](CO)[C@@H](O)[C@H](O)[C@H]4O)C(C)(C)C3CCC12C. The Bertz CT molecular complexity index is 1340. The van der Waals surface area contributed by atoms with Gasteiger partial charge in [0.05, 0.1) is 31.0 Å². The first-order valence-electron chi connectivity index (χ1n) is 20.4. The van der Waals surface area contributed by atoms with Crippen LogP contribution in [0.2, 0.25) is 0 Å². The molecule has 13 heteroatoms. The highest BCUT2D eigenvalue weighted by Crippen LogP contribution is 2.76. The summed E-state index contributed by atoms with van der Waals surface area (Å²) in [6.45, 7) is 14.1. The summed E-state index contributed by atoms with van der Waals surface area (Å²) in [5.74, 6) is -0.0322. The Labute approximate surface area is 320 Å². The van der Waals surface area contributed by atoms with Crippen molar-refractivity contribution in [2.45, 2.75) is 179 Å². The van der Waals surface area contributed by atoms with Crippen molar-refractivity contribution in [3.05, 3.63) is 11.6 Å². The summed E-state index contributed by atoms with van der Waals surface area (Å²) >= 11 is 0. The van der Waals surface area contributed by atoms with Gasteiger partial charge in [0.25, 0.3) is 0 Å². The maximum Gasteiger partial charge on any atom is 0.187 e. The van der Waals surface area contributed by atoms with E-state index in [0.29, 0.717) is 25.7 Å². The second-order valence-electron chi connectivity index (χ2n) is 19.6. The van der Waals surface area contributed by atoms with Crippen molar-refractivity contribution in [2.24, 2.45) is 45.3 Å². The van der Waals surface area contributed by atoms with Gasteiger partial charge in [0.2, 0.25) is 0 Å². The van der Waals surface area contributed by atoms with Crippen LogP contribution in [0, 0.1) is 45.3 Å². The molecule has 54 heavy (non-hydrogen) atoms. The van der Waals surface area contributed by atoms with E-state index >= 15 is 0 Å². The normalized spacial score (nSPS) is 51.4. The van der Waals surface area contributed by atoms with Crippen molar-refractivity contribution in [3.63, 3.8) is 0 Å². The monoisotopic (exact) mass is 770 g/mol. The van der Waals surface area contributed by atoms with Gasteiger partial charge in [-0.25, -0.2) is 0 Å². The molecule has 0 spiro atoms. The first kappa shape index (κ1) is 42.8. The van der Waals surface area contributed by atoms with Crippen LogP contribution in [0.3, 0.4) is 0 Å².